The van der Waals surface area contributed by atoms with Gasteiger partial charge in [0, 0.05) is 0 Å². The van der Waals surface area contributed by atoms with E-state index < -0.39 is 16.5 Å². The van der Waals surface area contributed by atoms with Gasteiger partial charge >= 0.3 is 4.83 Å². The third kappa shape index (κ3) is 1.61. The van der Waals surface area contributed by atoms with E-state index in [2.05, 4.69) is 25.9 Å². The van der Waals surface area contributed by atoms with Crippen LogP contribution in [0.5, 0.6) is 0 Å². The Balaban J connectivity index is 2.63. The number of hydrogen-bond acceptors (Lipinski definition) is 1. The number of aromatic amines is 1. The molecule has 0 radical (unpaired) electrons. The Morgan fingerprint density at radius 3 is 2.71 bits per heavy atom. The fourth-order valence-corrected chi connectivity index (χ4v) is 1.30. The van der Waals surface area contributed by atoms with Gasteiger partial charge in [-0.1, -0.05) is 0 Å². The second kappa shape index (κ2) is 2.98. The van der Waals surface area contributed by atoms with Gasteiger partial charge in [0.05, 0.1) is 11.0 Å². The number of rotatable bonds is 1. The van der Waals surface area contributed by atoms with E-state index in [0.717, 1.165) is 6.07 Å². The highest BCUT2D eigenvalue weighted by molar-refractivity contribution is 9.09. The third-order valence-electron chi connectivity index (χ3n) is 1.71. The Kier molecular flexibility index (Phi) is 2.02. The second-order valence-corrected chi connectivity index (χ2v) is 3.74. The van der Waals surface area contributed by atoms with Gasteiger partial charge in [0.15, 0.2) is 5.82 Å². The van der Waals surface area contributed by atoms with Gasteiger partial charge in [-0.2, -0.15) is 8.78 Å². The molecule has 1 aromatic carbocycles. The summed E-state index contributed by atoms with van der Waals surface area (Å²) in [6.45, 7) is 0. The van der Waals surface area contributed by atoms with Crippen LogP contribution in [0.25, 0.3) is 11.0 Å². The molecule has 0 spiro atoms. The van der Waals surface area contributed by atoms with Gasteiger partial charge in [0.1, 0.15) is 5.82 Å². The second-order valence-electron chi connectivity index (χ2n) is 2.74. The van der Waals surface area contributed by atoms with E-state index in [9.17, 15) is 13.2 Å². The van der Waals surface area contributed by atoms with Crippen molar-refractivity contribution in [3.8, 4) is 0 Å². The summed E-state index contributed by atoms with van der Waals surface area (Å²) in [6.07, 6.45) is 0. The Morgan fingerprint density at radius 1 is 1.36 bits per heavy atom. The molecule has 2 nitrogen and oxygen atoms in total. The van der Waals surface area contributed by atoms with Crippen molar-refractivity contribution < 1.29 is 13.2 Å². The van der Waals surface area contributed by atoms with Crippen molar-refractivity contribution in [3.05, 3.63) is 29.8 Å². The highest BCUT2D eigenvalue weighted by atomic mass is 79.9. The van der Waals surface area contributed by atoms with Gasteiger partial charge in [-0.05, 0) is 34.1 Å². The maximum absolute atomic E-state index is 12.7. The molecule has 0 fully saturated rings. The largest absolute Gasteiger partial charge is 0.358 e. The van der Waals surface area contributed by atoms with Crippen molar-refractivity contribution in [1.29, 1.82) is 0 Å². The lowest BCUT2D eigenvalue weighted by Crippen LogP contribution is -2.04. The third-order valence-corrected chi connectivity index (χ3v) is 2.09. The molecule has 0 amide bonds. The summed E-state index contributed by atoms with van der Waals surface area (Å²) >= 11 is 2.16. The highest BCUT2D eigenvalue weighted by Crippen LogP contribution is 2.33. The molecule has 2 aromatic rings. The quantitative estimate of drug-likeness (QED) is 0.788. The molecule has 0 bridgehead atoms. The summed E-state index contributed by atoms with van der Waals surface area (Å²) < 4.78 is 38.1. The van der Waals surface area contributed by atoms with Crippen molar-refractivity contribution >= 4 is 27.0 Å². The van der Waals surface area contributed by atoms with E-state index in [-0.39, 0.29) is 5.52 Å². The zero-order valence-electron chi connectivity index (χ0n) is 6.69. The Morgan fingerprint density at radius 2 is 2.07 bits per heavy atom. The molecule has 1 aromatic heterocycles. The maximum atomic E-state index is 12.7. The van der Waals surface area contributed by atoms with Crippen LogP contribution in [0, 0.1) is 5.82 Å². The van der Waals surface area contributed by atoms with Gasteiger partial charge < -0.3 is 4.98 Å². The summed E-state index contributed by atoms with van der Waals surface area (Å²) in [5.74, 6) is -1.02. The highest BCUT2D eigenvalue weighted by Gasteiger charge is 2.31. The number of fused-ring (bicyclic) bond motifs is 1. The van der Waals surface area contributed by atoms with Crippen LogP contribution in [0.3, 0.4) is 0 Å². The smallest absolute Gasteiger partial charge is 0.336 e. The van der Waals surface area contributed by atoms with Gasteiger partial charge in [0.2, 0.25) is 0 Å². The molecule has 1 N–H and O–H groups in total. The van der Waals surface area contributed by atoms with Crippen LogP contribution in [0.4, 0.5) is 13.2 Å². The molecule has 0 saturated heterocycles. The van der Waals surface area contributed by atoms with Crippen LogP contribution in [0.2, 0.25) is 0 Å². The number of alkyl halides is 3. The molecule has 0 aliphatic carbocycles. The lowest BCUT2D eigenvalue weighted by molar-refractivity contribution is 0.105. The molecule has 74 valence electrons. The Hall–Kier alpha value is -1.04. The summed E-state index contributed by atoms with van der Waals surface area (Å²) in [5.41, 5.74) is 0.555. The van der Waals surface area contributed by atoms with Crippen LogP contribution in [0.15, 0.2) is 18.2 Å². The van der Waals surface area contributed by atoms with Gasteiger partial charge in [-0.25, -0.2) is 9.37 Å². The summed E-state index contributed by atoms with van der Waals surface area (Å²) in [4.78, 5) is 2.71. The zero-order valence-corrected chi connectivity index (χ0v) is 8.28. The molecule has 0 unspecified atom stereocenters. The van der Waals surface area contributed by atoms with Gasteiger partial charge in [-0.15, -0.1) is 0 Å². The molecule has 1 heterocycles. The van der Waals surface area contributed by atoms with Crippen LogP contribution < -0.4 is 0 Å². The average molecular weight is 265 g/mol. The van der Waals surface area contributed by atoms with Gasteiger partial charge in [0.25, 0.3) is 0 Å². The predicted octanol–water partition coefficient (Wildman–Crippen LogP) is 3.15. The van der Waals surface area contributed by atoms with Crippen molar-refractivity contribution in [2.45, 2.75) is 4.83 Å². The lowest BCUT2D eigenvalue weighted by Gasteiger charge is -2.01. The monoisotopic (exact) mass is 264 g/mol. The lowest BCUT2D eigenvalue weighted by atomic mass is 10.3. The number of imidazole rings is 1. The summed E-state index contributed by atoms with van der Waals surface area (Å²) in [5, 5.41) is 0. The fourth-order valence-electron chi connectivity index (χ4n) is 1.12. The first-order chi connectivity index (χ1) is 6.47. The van der Waals surface area contributed by atoms with Crippen molar-refractivity contribution in [2.24, 2.45) is 0 Å². The number of hydrogen-bond donors (Lipinski definition) is 1. The molecule has 0 atom stereocenters. The maximum Gasteiger partial charge on any atom is 0.358 e. The Bertz CT molecular complexity index is 475. The number of aromatic nitrogens is 2. The average Bonchev–Trinajstić information content (AvgIpc) is 2.45. The van der Waals surface area contributed by atoms with Crippen molar-refractivity contribution in [1.82, 2.24) is 9.97 Å². The molecule has 6 heteroatoms. The first-order valence-electron chi connectivity index (χ1n) is 3.69. The first kappa shape index (κ1) is 9.51. The standard InChI is InChI=1S/C8H4BrF3N2/c9-8(11,12)7-13-5-2-1-4(10)3-6(5)14-7/h1-3H,(H,13,14). The van der Waals surface area contributed by atoms with E-state index in [1.165, 1.54) is 12.1 Å². The molecule has 14 heavy (non-hydrogen) atoms. The molecular weight excluding hydrogens is 261 g/mol. The molecule has 0 aliphatic heterocycles. The number of nitrogens with zero attached hydrogens (tertiary/aromatic N) is 1. The van der Waals surface area contributed by atoms with E-state index in [1.807, 2.05) is 0 Å². The minimum atomic E-state index is -3.22. The normalized spacial score (nSPS) is 12.3. The van der Waals surface area contributed by atoms with Crippen LogP contribution in [0.1, 0.15) is 5.82 Å². The molecule has 2 rings (SSSR count). The SMILES string of the molecule is Fc1ccc2nc(C(F)(F)Br)[nH]c2c1. The van der Waals surface area contributed by atoms with Crippen LogP contribution in [-0.4, -0.2) is 9.97 Å². The zero-order chi connectivity index (χ0) is 10.3. The number of nitrogens with one attached hydrogen (secondary N) is 1. The van der Waals surface area contributed by atoms with Crippen molar-refractivity contribution in [3.63, 3.8) is 0 Å². The summed E-state index contributed by atoms with van der Waals surface area (Å²) in [6, 6.07) is 3.62. The molecule has 0 aliphatic rings. The fraction of sp³-hybridized carbons (Fsp3) is 0.125. The number of benzene rings is 1. The minimum Gasteiger partial charge on any atom is -0.336 e. The van der Waals surface area contributed by atoms with E-state index in [0.29, 0.717) is 5.52 Å². The van der Waals surface area contributed by atoms with Crippen molar-refractivity contribution in [2.75, 3.05) is 0 Å². The van der Waals surface area contributed by atoms with Crippen LogP contribution in [-0.2, 0) is 4.83 Å². The first-order valence-corrected chi connectivity index (χ1v) is 4.48. The number of H-pyrrole nitrogens is 1. The molecular formula is C8H4BrF3N2. The van der Waals surface area contributed by atoms with Gasteiger partial charge in [-0.3, -0.25) is 0 Å². The summed E-state index contributed by atoms with van der Waals surface area (Å²) in [7, 11) is 0. The minimum absolute atomic E-state index is 0.249. The Labute approximate surface area is 85.3 Å². The van der Waals surface area contributed by atoms with E-state index in [1.54, 1.807) is 0 Å². The van der Waals surface area contributed by atoms with Crippen LogP contribution >= 0.6 is 15.9 Å². The topological polar surface area (TPSA) is 28.7 Å². The predicted molar refractivity (Wildman–Crippen MR) is 48.9 cm³/mol. The molecule has 0 saturated carbocycles. The number of halogens is 4. The van der Waals surface area contributed by atoms with E-state index >= 15 is 0 Å². The van der Waals surface area contributed by atoms with E-state index in [4.69, 9.17) is 0 Å².